The Balaban J connectivity index is 1.57. The quantitative estimate of drug-likeness (QED) is 0.479. The molecule has 0 spiro atoms. The summed E-state index contributed by atoms with van der Waals surface area (Å²) in [5.41, 5.74) is 6.29. The summed E-state index contributed by atoms with van der Waals surface area (Å²) in [6.07, 6.45) is 3.73. The number of hydrogen-bond acceptors (Lipinski definition) is 2. The Kier molecular flexibility index (Phi) is 5.16. The number of nitrogens with one attached hydrogen (secondary N) is 2. The van der Waals surface area contributed by atoms with E-state index in [4.69, 9.17) is 35.4 Å². The van der Waals surface area contributed by atoms with Gasteiger partial charge < -0.3 is 5.32 Å². The molecule has 1 aliphatic carbocycles. The van der Waals surface area contributed by atoms with Crippen molar-refractivity contribution in [3.63, 3.8) is 0 Å². The van der Waals surface area contributed by atoms with Crippen molar-refractivity contribution >= 4 is 46.7 Å². The largest absolute Gasteiger partial charge is 0.354 e. The highest BCUT2D eigenvalue weighted by Crippen LogP contribution is 2.30. The number of hydrogen-bond donors (Lipinski definition) is 2. The number of rotatable bonds is 3. The molecule has 1 atom stereocenters. The van der Waals surface area contributed by atoms with E-state index in [-0.39, 0.29) is 6.04 Å². The van der Waals surface area contributed by atoms with Crippen molar-refractivity contribution in [1.29, 1.82) is 0 Å². The van der Waals surface area contributed by atoms with E-state index in [0.717, 1.165) is 18.4 Å². The zero-order chi connectivity index (χ0) is 16.2. The first-order valence-corrected chi connectivity index (χ1v) is 8.42. The third-order valence-electron chi connectivity index (χ3n) is 3.77. The first-order chi connectivity index (χ1) is 11.1. The standard InChI is InChI=1S/C17H15Cl2N3S/c18-13-7-5-12(15(19)9-13)10-20-22-17(23)21-16-8-6-11-3-1-2-4-14(11)16/h1-5,7,9-10,16H,6,8H2,(H2,21,22,23)/b20-10-/t16-/m0/s1. The summed E-state index contributed by atoms with van der Waals surface area (Å²) in [7, 11) is 0. The third kappa shape index (κ3) is 4.02. The third-order valence-corrected chi connectivity index (χ3v) is 4.54. The van der Waals surface area contributed by atoms with Gasteiger partial charge in [-0.3, -0.25) is 5.43 Å². The topological polar surface area (TPSA) is 36.4 Å². The van der Waals surface area contributed by atoms with Gasteiger partial charge in [0.1, 0.15) is 0 Å². The summed E-state index contributed by atoms with van der Waals surface area (Å²) < 4.78 is 0. The summed E-state index contributed by atoms with van der Waals surface area (Å²) in [6.45, 7) is 0. The predicted octanol–water partition coefficient (Wildman–Crippen LogP) is 4.48. The number of thiocarbonyl (C=S) groups is 1. The molecule has 0 fully saturated rings. The molecule has 0 aliphatic heterocycles. The van der Waals surface area contributed by atoms with Gasteiger partial charge in [0, 0.05) is 10.6 Å². The van der Waals surface area contributed by atoms with Crippen LogP contribution in [0.25, 0.3) is 0 Å². The van der Waals surface area contributed by atoms with Crippen molar-refractivity contribution in [3.05, 3.63) is 69.2 Å². The molecule has 3 rings (SSSR count). The van der Waals surface area contributed by atoms with E-state index in [1.54, 1.807) is 24.4 Å². The number of fused-ring (bicyclic) bond motifs is 1. The fraction of sp³-hybridized carbons (Fsp3) is 0.176. The molecule has 1 aliphatic rings. The number of benzene rings is 2. The molecule has 0 radical (unpaired) electrons. The van der Waals surface area contributed by atoms with Crippen molar-refractivity contribution in [3.8, 4) is 0 Å². The van der Waals surface area contributed by atoms with Crippen molar-refractivity contribution in [1.82, 2.24) is 10.7 Å². The SMILES string of the molecule is S=C(N/N=C\c1ccc(Cl)cc1Cl)N[C@H]1CCc2ccccc21. The minimum atomic E-state index is 0.237. The molecule has 118 valence electrons. The molecule has 2 aromatic carbocycles. The van der Waals surface area contributed by atoms with Crippen molar-refractivity contribution < 1.29 is 0 Å². The Hall–Kier alpha value is -1.62. The fourth-order valence-corrected chi connectivity index (χ4v) is 3.32. The minimum absolute atomic E-state index is 0.237. The number of halogens is 2. The van der Waals surface area contributed by atoms with Crippen molar-refractivity contribution in [2.45, 2.75) is 18.9 Å². The molecule has 0 aromatic heterocycles. The molecule has 23 heavy (non-hydrogen) atoms. The van der Waals surface area contributed by atoms with Crippen LogP contribution in [-0.4, -0.2) is 11.3 Å². The fourth-order valence-electron chi connectivity index (χ4n) is 2.66. The smallest absolute Gasteiger partial charge is 0.187 e. The van der Waals surface area contributed by atoms with Crippen molar-refractivity contribution in [2.75, 3.05) is 0 Å². The first-order valence-electron chi connectivity index (χ1n) is 7.26. The van der Waals surface area contributed by atoms with Crippen LogP contribution in [0.4, 0.5) is 0 Å². The zero-order valence-corrected chi connectivity index (χ0v) is 14.6. The maximum Gasteiger partial charge on any atom is 0.187 e. The van der Waals surface area contributed by atoms with Gasteiger partial charge in [0.15, 0.2) is 5.11 Å². The predicted molar refractivity (Wildman–Crippen MR) is 100 cm³/mol. The molecule has 2 aromatic rings. The van der Waals surface area contributed by atoms with Gasteiger partial charge in [0.05, 0.1) is 17.3 Å². The van der Waals surface area contributed by atoms with E-state index in [1.165, 1.54) is 11.1 Å². The van der Waals surface area contributed by atoms with Crippen LogP contribution in [0.5, 0.6) is 0 Å². The van der Waals surface area contributed by atoms with Crippen LogP contribution in [0.3, 0.4) is 0 Å². The van der Waals surface area contributed by atoms with E-state index in [2.05, 4.69) is 40.1 Å². The maximum atomic E-state index is 6.09. The summed E-state index contributed by atoms with van der Waals surface area (Å²) in [4.78, 5) is 0. The Bertz CT molecular complexity index is 761. The molecule has 0 saturated carbocycles. The highest BCUT2D eigenvalue weighted by molar-refractivity contribution is 7.80. The van der Waals surface area contributed by atoms with E-state index >= 15 is 0 Å². The summed E-state index contributed by atoms with van der Waals surface area (Å²) in [5.74, 6) is 0. The summed E-state index contributed by atoms with van der Waals surface area (Å²) in [6, 6.07) is 13.9. The van der Waals surface area contributed by atoms with Gasteiger partial charge in [0.25, 0.3) is 0 Å². The van der Waals surface area contributed by atoms with Gasteiger partial charge in [-0.15, -0.1) is 0 Å². The van der Waals surface area contributed by atoms with Crippen LogP contribution in [0, 0.1) is 0 Å². The second-order valence-corrected chi connectivity index (χ2v) is 6.55. The number of nitrogens with zero attached hydrogens (tertiary/aromatic N) is 1. The van der Waals surface area contributed by atoms with Crippen LogP contribution in [-0.2, 0) is 6.42 Å². The second-order valence-electron chi connectivity index (χ2n) is 5.30. The van der Waals surface area contributed by atoms with Crippen LogP contribution in [0.15, 0.2) is 47.6 Å². The van der Waals surface area contributed by atoms with Gasteiger partial charge in [-0.25, -0.2) is 0 Å². The Labute approximate surface area is 150 Å². The zero-order valence-electron chi connectivity index (χ0n) is 12.2. The van der Waals surface area contributed by atoms with Gasteiger partial charge >= 0.3 is 0 Å². The van der Waals surface area contributed by atoms with Crippen molar-refractivity contribution in [2.24, 2.45) is 5.10 Å². The Morgan fingerprint density at radius 3 is 2.87 bits per heavy atom. The normalized spacial score (nSPS) is 16.3. The molecule has 0 unspecified atom stereocenters. The Morgan fingerprint density at radius 2 is 2.04 bits per heavy atom. The maximum absolute atomic E-state index is 6.09. The van der Waals surface area contributed by atoms with Crippen LogP contribution in [0.1, 0.15) is 29.2 Å². The van der Waals surface area contributed by atoms with E-state index in [0.29, 0.717) is 15.2 Å². The van der Waals surface area contributed by atoms with Gasteiger partial charge in [-0.1, -0.05) is 53.5 Å². The minimum Gasteiger partial charge on any atom is -0.354 e. The molecule has 0 bridgehead atoms. The molecule has 2 N–H and O–H groups in total. The molecule has 6 heteroatoms. The number of hydrazone groups is 1. The highest BCUT2D eigenvalue weighted by atomic mass is 35.5. The van der Waals surface area contributed by atoms with Gasteiger partial charge in [0.2, 0.25) is 0 Å². The van der Waals surface area contributed by atoms with E-state index in [1.807, 2.05) is 0 Å². The summed E-state index contributed by atoms with van der Waals surface area (Å²) in [5, 5.41) is 9.06. The average molecular weight is 364 g/mol. The average Bonchev–Trinajstić information content (AvgIpc) is 2.93. The lowest BCUT2D eigenvalue weighted by Gasteiger charge is -2.15. The van der Waals surface area contributed by atoms with Crippen LogP contribution >= 0.6 is 35.4 Å². The van der Waals surface area contributed by atoms with Crippen LogP contribution in [0.2, 0.25) is 10.0 Å². The number of aryl methyl sites for hydroxylation is 1. The lowest BCUT2D eigenvalue weighted by molar-refractivity contribution is 0.633. The first kappa shape index (κ1) is 16.2. The summed E-state index contributed by atoms with van der Waals surface area (Å²) >= 11 is 17.2. The van der Waals surface area contributed by atoms with Gasteiger partial charge in [-0.2, -0.15) is 5.10 Å². The highest BCUT2D eigenvalue weighted by Gasteiger charge is 2.22. The Morgan fingerprint density at radius 1 is 1.22 bits per heavy atom. The lowest BCUT2D eigenvalue weighted by Crippen LogP contribution is -2.34. The van der Waals surface area contributed by atoms with E-state index in [9.17, 15) is 0 Å². The molecule has 3 nitrogen and oxygen atoms in total. The lowest BCUT2D eigenvalue weighted by atomic mass is 10.1. The molecule has 0 amide bonds. The molecular formula is C17H15Cl2N3S. The van der Waals surface area contributed by atoms with E-state index < -0.39 is 0 Å². The van der Waals surface area contributed by atoms with Crippen LogP contribution < -0.4 is 10.7 Å². The monoisotopic (exact) mass is 363 g/mol. The second kappa shape index (κ2) is 7.30. The van der Waals surface area contributed by atoms with Gasteiger partial charge in [-0.05, 0) is 48.3 Å². The molecular weight excluding hydrogens is 349 g/mol. The molecule has 0 heterocycles. The molecule has 0 saturated heterocycles.